The first-order valence-electron chi connectivity index (χ1n) is 14.6. The number of allylic oxidation sites excluding steroid dienone is 4. The van der Waals surface area contributed by atoms with Gasteiger partial charge in [-0.15, -0.1) is 0 Å². The van der Waals surface area contributed by atoms with Gasteiger partial charge in [0, 0.05) is 34.5 Å². The fourth-order valence-corrected chi connectivity index (χ4v) is 7.68. The van der Waals surface area contributed by atoms with Crippen LogP contribution >= 0.6 is 23.4 Å². The van der Waals surface area contributed by atoms with E-state index in [9.17, 15) is 0 Å². The van der Waals surface area contributed by atoms with E-state index in [0.29, 0.717) is 5.92 Å². The van der Waals surface area contributed by atoms with Crippen LogP contribution in [0.15, 0.2) is 93.0 Å². The second-order valence-electron chi connectivity index (χ2n) is 11.6. The van der Waals surface area contributed by atoms with E-state index in [-0.39, 0.29) is 0 Å². The molecule has 0 spiro atoms. The largest absolute Gasteiger partial charge is 0.335 e. The summed E-state index contributed by atoms with van der Waals surface area (Å²) in [5.74, 6) is 0.589. The number of aromatic nitrogens is 1. The molecule has 4 heteroatoms. The number of fused-ring (bicyclic) bond motifs is 4. The van der Waals surface area contributed by atoms with Crippen molar-refractivity contribution in [2.24, 2.45) is 5.92 Å². The van der Waals surface area contributed by atoms with Crippen molar-refractivity contribution < 1.29 is 4.57 Å². The van der Waals surface area contributed by atoms with Gasteiger partial charge in [0.05, 0.1) is 16.1 Å². The van der Waals surface area contributed by atoms with Crippen LogP contribution in [-0.2, 0) is 6.54 Å². The van der Waals surface area contributed by atoms with Crippen LogP contribution in [0.5, 0.6) is 0 Å². The molecule has 0 bridgehead atoms. The number of hydrogen-bond acceptors (Lipinski definition) is 2. The maximum absolute atomic E-state index is 7.22. The molecule has 0 saturated carbocycles. The highest BCUT2D eigenvalue weighted by Gasteiger charge is 2.27. The molecule has 0 N–H and O–H groups in total. The zero-order valence-corrected chi connectivity index (χ0v) is 25.8. The summed E-state index contributed by atoms with van der Waals surface area (Å²) in [4.78, 5) is 3.79. The average molecular weight is 566 g/mol. The van der Waals surface area contributed by atoms with Gasteiger partial charge >= 0.3 is 0 Å². The Morgan fingerprint density at radius 1 is 0.975 bits per heavy atom. The molecule has 0 radical (unpaired) electrons. The second kappa shape index (κ2) is 11.1. The first-order chi connectivity index (χ1) is 19.3. The third kappa shape index (κ3) is 4.99. The van der Waals surface area contributed by atoms with E-state index >= 15 is 0 Å². The molecular weight excluding hydrogens is 528 g/mol. The highest BCUT2D eigenvalue weighted by atomic mass is 35.5. The molecule has 0 unspecified atom stereocenters. The van der Waals surface area contributed by atoms with Crippen molar-refractivity contribution in [3.8, 4) is 0 Å². The van der Waals surface area contributed by atoms with Crippen LogP contribution in [0.2, 0.25) is 0 Å². The van der Waals surface area contributed by atoms with Crippen LogP contribution < -0.4 is 9.47 Å². The predicted octanol–water partition coefficient (Wildman–Crippen LogP) is 10.1. The Morgan fingerprint density at radius 3 is 2.58 bits per heavy atom. The molecule has 2 aliphatic rings. The number of aryl methyl sites for hydroxylation is 2. The molecule has 40 heavy (non-hydrogen) atoms. The molecule has 4 aromatic rings. The van der Waals surface area contributed by atoms with E-state index in [0.717, 1.165) is 37.4 Å². The monoisotopic (exact) mass is 565 g/mol. The van der Waals surface area contributed by atoms with Gasteiger partial charge in [0.15, 0.2) is 12.7 Å². The normalized spacial score (nSPS) is 17.7. The van der Waals surface area contributed by atoms with Crippen LogP contribution in [0.1, 0.15) is 56.7 Å². The first kappa shape index (κ1) is 27.2. The van der Waals surface area contributed by atoms with Crippen molar-refractivity contribution in [2.45, 2.75) is 65.3 Å². The lowest BCUT2D eigenvalue weighted by molar-refractivity contribution is -0.677. The van der Waals surface area contributed by atoms with Crippen LogP contribution in [0.25, 0.3) is 27.8 Å². The molecule has 3 aromatic carbocycles. The molecule has 6 rings (SSSR count). The summed E-state index contributed by atoms with van der Waals surface area (Å²) in [6.07, 6.45) is 10.1. The third-order valence-electron chi connectivity index (χ3n) is 8.25. The van der Waals surface area contributed by atoms with Gasteiger partial charge in [-0.25, -0.2) is 0 Å². The minimum Gasteiger partial charge on any atom is -0.335 e. The number of anilines is 1. The van der Waals surface area contributed by atoms with Crippen LogP contribution in [0.4, 0.5) is 5.69 Å². The Kier molecular flexibility index (Phi) is 7.54. The molecule has 0 atom stereocenters. The minimum absolute atomic E-state index is 0.589. The van der Waals surface area contributed by atoms with Gasteiger partial charge in [-0.3, -0.25) is 0 Å². The standard InChI is InChI=1S/C36H38ClN2S/c1-6-39-32-15-14-26-10-7-8-13-30(26)36(32)40-34(39)21-29-12-9-11-28(35(29)37)20-27-16-17-38(22-23(2)3)33-19-25(5)24(4)18-31(27)33/h7-8,10,13-21,23H,6,9,11-12,22H2,1-5H3/q+1. The smallest absolute Gasteiger partial charge is 0.213 e. The topological polar surface area (TPSA) is 7.12 Å². The van der Waals surface area contributed by atoms with Crippen molar-refractivity contribution in [3.05, 3.63) is 105 Å². The molecule has 0 saturated heterocycles. The lowest BCUT2D eigenvalue weighted by atomic mass is 9.92. The van der Waals surface area contributed by atoms with E-state index < -0.39 is 0 Å². The zero-order chi connectivity index (χ0) is 28.0. The van der Waals surface area contributed by atoms with E-state index in [1.807, 2.05) is 11.8 Å². The van der Waals surface area contributed by atoms with Gasteiger partial charge in [0.2, 0.25) is 5.52 Å². The summed E-state index contributed by atoms with van der Waals surface area (Å²) in [6.45, 7) is 13.2. The number of nitrogens with zero attached hydrogens (tertiary/aromatic N) is 2. The van der Waals surface area contributed by atoms with Crippen LogP contribution in [-0.4, -0.2) is 6.54 Å². The maximum Gasteiger partial charge on any atom is 0.213 e. The summed E-state index contributed by atoms with van der Waals surface area (Å²) >= 11 is 9.10. The Morgan fingerprint density at radius 2 is 1.77 bits per heavy atom. The lowest BCUT2D eigenvalue weighted by Gasteiger charge is -2.21. The fraction of sp³-hybridized carbons (Fsp3) is 0.306. The summed E-state index contributed by atoms with van der Waals surface area (Å²) < 4.78 is 2.40. The van der Waals surface area contributed by atoms with E-state index in [1.54, 1.807) is 0 Å². The van der Waals surface area contributed by atoms with Crippen molar-refractivity contribution >= 4 is 56.8 Å². The number of benzene rings is 3. The van der Waals surface area contributed by atoms with Crippen LogP contribution in [0.3, 0.4) is 0 Å². The van der Waals surface area contributed by atoms with Gasteiger partial charge in [-0.2, -0.15) is 4.57 Å². The number of pyridine rings is 1. The fourth-order valence-electron chi connectivity index (χ4n) is 6.05. The molecule has 0 amide bonds. The highest BCUT2D eigenvalue weighted by molar-refractivity contribution is 8.04. The molecular formula is C36H38ClN2S+. The maximum atomic E-state index is 7.22. The Hall–Kier alpha value is -3.01. The lowest BCUT2D eigenvalue weighted by Crippen LogP contribution is -2.37. The van der Waals surface area contributed by atoms with Gasteiger partial charge in [-0.05, 0) is 103 Å². The van der Waals surface area contributed by atoms with Crippen LogP contribution in [0, 0.1) is 19.8 Å². The summed E-state index contributed by atoms with van der Waals surface area (Å²) in [5.41, 5.74) is 9.02. The second-order valence-corrected chi connectivity index (χ2v) is 13.0. The zero-order valence-electron chi connectivity index (χ0n) is 24.2. The summed E-state index contributed by atoms with van der Waals surface area (Å²) in [5, 5.41) is 6.12. The Labute approximate surface area is 248 Å². The molecule has 1 aliphatic carbocycles. The molecule has 1 aromatic heterocycles. The third-order valence-corrected chi connectivity index (χ3v) is 9.92. The SMILES string of the molecule is CCN1/C(=C/C2=C(Cl)C(=C/c3cc[n+](CC(C)C)c4cc(C)c(C)cc34)/CCC2)Sc2c1ccc1ccccc21. The van der Waals surface area contributed by atoms with Crippen molar-refractivity contribution in [1.82, 2.24) is 0 Å². The minimum atomic E-state index is 0.589. The van der Waals surface area contributed by atoms with E-state index in [1.165, 1.54) is 65.1 Å². The Balaban J connectivity index is 1.41. The molecule has 2 heterocycles. The molecule has 204 valence electrons. The summed E-state index contributed by atoms with van der Waals surface area (Å²) in [7, 11) is 0. The van der Waals surface area contributed by atoms with Gasteiger partial charge in [-0.1, -0.05) is 67.5 Å². The molecule has 0 fully saturated rings. The van der Waals surface area contributed by atoms with Crippen molar-refractivity contribution in [1.29, 1.82) is 0 Å². The van der Waals surface area contributed by atoms with Crippen molar-refractivity contribution in [3.63, 3.8) is 0 Å². The molecule has 2 nitrogen and oxygen atoms in total. The Bertz CT molecular complexity index is 1730. The van der Waals surface area contributed by atoms with E-state index in [2.05, 4.69) is 117 Å². The summed E-state index contributed by atoms with van der Waals surface area (Å²) in [6, 6.07) is 20.2. The van der Waals surface area contributed by atoms with E-state index in [4.69, 9.17) is 11.6 Å². The first-order valence-corrected chi connectivity index (χ1v) is 15.7. The number of hydrogen-bond donors (Lipinski definition) is 0. The van der Waals surface area contributed by atoms with Crippen molar-refractivity contribution in [2.75, 3.05) is 11.4 Å². The number of thioether (sulfide) groups is 1. The number of rotatable bonds is 5. The number of halogens is 1. The van der Waals surface area contributed by atoms with Gasteiger partial charge in [0.1, 0.15) is 0 Å². The average Bonchev–Trinajstić information content (AvgIpc) is 3.30. The molecule has 1 aliphatic heterocycles. The van der Waals surface area contributed by atoms with Gasteiger partial charge in [0.25, 0.3) is 0 Å². The predicted molar refractivity (Wildman–Crippen MR) is 174 cm³/mol. The van der Waals surface area contributed by atoms with Gasteiger partial charge < -0.3 is 4.90 Å². The highest BCUT2D eigenvalue weighted by Crippen LogP contribution is 2.50. The quantitative estimate of drug-likeness (QED) is 0.222.